The van der Waals surface area contributed by atoms with Gasteiger partial charge in [-0.3, -0.25) is 4.79 Å². The second-order valence-corrected chi connectivity index (χ2v) is 7.51. The van der Waals surface area contributed by atoms with Gasteiger partial charge >= 0.3 is 35.5 Å². The third-order valence-corrected chi connectivity index (χ3v) is 1.24. The molecule has 0 aliphatic rings. The zero-order valence-corrected chi connectivity index (χ0v) is 8.13. The summed E-state index contributed by atoms with van der Waals surface area (Å²) in [4.78, 5) is 25.1. The van der Waals surface area contributed by atoms with E-state index in [0.717, 1.165) is 6.92 Å². The van der Waals surface area contributed by atoms with Gasteiger partial charge in [0.1, 0.15) is 0 Å². The molecule has 66 valence electrons. The Labute approximate surface area is 95.0 Å². The number of ketones is 1. The van der Waals surface area contributed by atoms with Gasteiger partial charge in [0.15, 0.2) is 0 Å². The van der Waals surface area contributed by atoms with Crippen molar-refractivity contribution in [3.8, 4) is 0 Å². The predicted molar refractivity (Wildman–Crippen MR) is 48.4 cm³/mol. The second-order valence-electron chi connectivity index (χ2n) is 3.12. The SMILES string of the molecule is CC(=O)C(=O)OO[Si](C)(C)C.[NaH]. The molecule has 0 aromatic heterocycles. The molecule has 0 aliphatic heterocycles. The molecule has 0 bridgehead atoms. The van der Waals surface area contributed by atoms with Gasteiger partial charge < -0.3 is 4.89 Å². The first-order valence-electron chi connectivity index (χ1n) is 3.23. The molecule has 0 rings (SSSR count). The first-order chi connectivity index (χ1) is 4.83. The van der Waals surface area contributed by atoms with Crippen molar-refractivity contribution in [2.45, 2.75) is 26.6 Å². The van der Waals surface area contributed by atoms with Crippen molar-refractivity contribution >= 4 is 49.6 Å². The molecule has 0 radical (unpaired) electrons. The predicted octanol–water partition coefficient (Wildman–Crippen LogP) is 0.237. The fourth-order valence-corrected chi connectivity index (χ4v) is 0.547. The van der Waals surface area contributed by atoms with E-state index in [2.05, 4.69) is 4.89 Å². The van der Waals surface area contributed by atoms with Crippen LogP contribution < -0.4 is 0 Å². The van der Waals surface area contributed by atoms with Crippen LogP contribution in [0.1, 0.15) is 6.92 Å². The average Bonchev–Trinajstić information content (AvgIpc) is 1.80. The molecule has 0 fully saturated rings. The molecule has 0 aromatic carbocycles. The van der Waals surface area contributed by atoms with Gasteiger partial charge in [-0.15, -0.1) is 0 Å². The first-order valence-corrected chi connectivity index (χ1v) is 6.64. The fourth-order valence-electron chi connectivity index (χ4n) is 0.222. The van der Waals surface area contributed by atoms with Crippen LogP contribution in [0.3, 0.4) is 0 Å². The summed E-state index contributed by atoms with van der Waals surface area (Å²) < 4.78 is 4.72. The van der Waals surface area contributed by atoms with Crippen molar-refractivity contribution in [3.63, 3.8) is 0 Å². The molecule has 0 aliphatic carbocycles. The van der Waals surface area contributed by atoms with E-state index in [1.54, 1.807) is 0 Å². The summed E-state index contributed by atoms with van der Waals surface area (Å²) in [5.41, 5.74) is 0. The van der Waals surface area contributed by atoms with Crippen LogP contribution in [0.4, 0.5) is 0 Å². The normalized spacial score (nSPS) is 10.0. The van der Waals surface area contributed by atoms with E-state index in [4.69, 9.17) is 4.58 Å². The van der Waals surface area contributed by atoms with E-state index in [0.29, 0.717) is 0 Å². The van der Waals surface area contributed by atoms with Crippen LogP contribution in [0.5, 0.6) is 0 Å². The summed E-state index contributed by atoms with van der Waals surface area (Å²) in [5.74, 6) is -1.59. The van der Waals surface area contributed by atoms with Crippen molar-refractivity contribution in [1.82, 2.24) is 0 Å². The monoisotopic (exact) mass is 200 g/mol. The van der Waals surface area contributed by atoms with E-state index in [1.165, 1.54) is 0 Å². The maximum absolute atomic E-state index is 10.5. The summed E-state index contributed by atoms with van der Waals surface area (Å²) in [6.45, 7) is 6.68. The maximum atomic E-state index is 10.5. The van der Waals surface area contributed by atoms with Crippen LogP contribution in [-0.2, 0) is 19.1 Å². The molecule has 0 aromatic rings. The topological polar surface area (TPSA) is 52.6 Å². The van der Waals surface area contributed by atoms with Gasteiger partial charge in [-0.05, 0) is 19.6 Å². The van der Waals surface area contributed by atoms with Crippen LogP contribution in [0.25, 0.3) is 0 Å². The molecular weight excluding hydrogens is 187 g/mol. The number of carbonyl (C=O) groups excluding carboxylic acids is 2. The Kier molecular flexibility index (Phi) is 7.26. The molecule has 0 N–H and O–H groups in total. The minimum absolute atomic E-state index is 0. The quantitative estimate of drug-likeness (QED) is 0.283. The van der Waals surface area contributed by atoms with E-state index in [1.807, 2.05) is 19.6 Å². The summed E-state index contributed by atoms with van der Waals surface area (Å²) in [5, 5.41) is 0. The molecule has 0 saturated carbocycles. The van der Waals surface area contributed by atoms with Crippen molar-refractivity contribution < 1.29 is 19.1 Å². The zero-order chi connectivity index (χ0) is 9.07. The van der Waals surface area contributed by atoms with Gasteiger partial charge in [-0.25, -0.2) is 9.37 Å². The fraction of sp³-hybridized carbons (Fsp3) is 0.667. The van der Waals surface area contributed by atoms with Gasteiger partial charge in [-0.1, -0.05) is 0 Å². The Balaban J connectivity index is 0. The Hall–Kier alpha value is 0.317. The Morgan fingerprint density at radius 3 is 1.83 bits per heavy atom. The first kappa shape index (κ1) is 14.8. The zero-order valence-electron chi connectivity index (χ0n) is 7.13. The Morgan fingerprint density at radius 1 is 1.17 bits per heavy atom. The van der Waals surface area contributed by atoms with E-state index >= 15 is 0 Å². The number of hydrogen-bond donors (Lipinski definition) is 0. The number of Topliss-reactive ketones (excluding diaryl/α,β-unsaturated/α-hetero) is 1. The van der Waals surface area contributed by atoms with E-state index in [9.17, 15) is 9.59 Å². The van der Waals surface area contributed by atoms with Crippen molar-refractivity contribution in [2.24, 2.45) is 0 Å². The molecule has 4 nitrogen and oxygen atoms in total. The molecule has 6 heteroatoms. The summed E-state index contributed by atoms with van der Waals surface area (Å²) in [7, 11) is -1.86. The van der Waals surface area contributed by atoms with Crippen molar-refractivity contribution in [3.05, 3.63) is 0 Å². The van der Waals surface area contributed by atoms with Gasteiger partial charge in [-0.2, -0.15) is 0 Å². The third kappa shape index (κ3) is 8.41. The average molecular weight is 200 g/mol. The number of hydrogen-bond acceptors (Lipinski definition) is 4. The number of rotatable bonds is 3. The van der Waals surface area contributed by atoms with Gasteiger partial charge in [0.2, 0.25) is 14.1 Å². The van der Waals surface area contributed by atoms with Crippen molar-refractivity contribution in [1.29, 1.82) is 0 Å². The van der Waals surface area contributed by atoms with Crippen LogP contribution in [0.15, 0.2) is 0 Å². The van der Waals surface area contributed by atoms with E-state index in [-0.39, 0.29) is 29.6 Å². The molecule has 12 heavy (non-hydrogen) atoms. The summed E-state index contributed by atoms with van der Waals surface area (Å²) >= 11 is 0. The van der Waals surface area contributed by atoms with Gasteiger partial charge in [0.25, 0.3) is 0 Å². The summed E-state index contributed by atoms with van der Waals surface area (Å²) in [6.07, 6.45) is 0. The molecule has 0 saturated heterocycles. The Bertz CT molecular complexity index is 175. The second kappa shape index (κ2) is 5.88. The van der Waals surface area contributed by atoms with Crippen molar-refractivity contribution in [2.75, 3.05) is 0 Å². The molecule has 0 unspecified atom stereocenters. The molecule has 0 amide bonds. The molecule has 0 spiro atoms. The summed E-state index contributed by atoms with van der Waals surface area (Å²) in [6, 6.07) is 0. The van der Waals surface area contributed by atoms with Crippen LogP contribution in [0, 0.1) is 0 Å². The molecule has 0 heterocycles. The standard InChI is InChI=1S/C6H12O4Si.Na.H/c1-5(7)6(8)9-10-11(2,3)4;;/h1-4H3;;. The number of carbonyl (C=O) groups is 2. The van der Waals surface area contributed by atoms with Gasteiger partial charge in [0.05, 0.1) is 0 Å². The third-order valence-electron chi connectivity index (χ3n) is 0.655. The molecule has 0 atom stereocenters. The van der Waals surface area contributed by atoms with Crippen LogP contribution in [0.2, 0.25) is 19.6 Å². The Morgan fingerprint density at radius 2 is 1.58 bits per heavy atom. The van der Waals surface area contributed by atoms with Gasteiger partial charge in [0, 0.05) is 6.92 Å². The minimum atomic E-state index is -1.86. The molecular formula is C6H13NaO4Si. The van der Waals surface area contributed by atoms with Crippen LogP contribution in [-0.4, -0.2) is 49.6 Å². The van der Waals surface area contributed by atoms with Crippen LogP contribution >= 0.6 is 0 Å². The van der Waals surface area contributed by atoms with E-state index < -0.39 is 20.1 Å².